The molecule has 0 atom stereocenters. The summed E-state index contributed by atoms with van der Waals surface area (Å²) in [6, 6.07) is 17.1. The van der Waals surface area contributed by atoms with Crippen LogP contribution in [0.15, 0.2) is 72.8 Å². The molecular formula is C29H25FN2O7. The van der Waals surface area contributed by atoms with Crippen molar-refractivity contribution >= 4 is 17.6 Å². The molecule has 2 amide bonds. The van der Waals surface area contributed by atoms with Crippen LogP contribution in [-0.2, 0) is 4.79 Å². The monoisotopic (exact) mass is 532 g/mol. The van der Waals surface area contributed by atoms with Gasteiger partial charge >= 0.3 is 0 Å². The zero-order chi connectivity index (χ0) is 28.3. The standard InChI is InChI=1S/C29H25FN2O7/c1-17(34)31(15-16-33)28(37)20-5-11-22(12-6-20)32-25(18-3-9-21(30)10-4-18)24(27(36)29(32)38)26(35)19-7-13-23(39-2)14-8-19/h3-14,33,36,38H,15-16H2,1-2H3. The van der Waals surface area contributed by atoms with Gasteiger partial charge in [0.2, 0.25) is 11.8 Å². The first-order valence-electron chi connectivity index (χ1n) is 11.8. The molecule has 9 nitrogen and oxygen atoms in total. The lowest BCUT2D eigenvalue weighted by molar-refractivity contribution is -0.126. The van der Waals surface area contributed by atoms with Gasteiger partial charge in [-0.1, -0.05) is 0 Å². The van der Waals surface area contributed by atoms with E-state index in [1.807, 2.05) is 0 Å². The molecule has 39 heavy (non-hydrogen) atoms. The van der Waals surface area contributed by atoms with Crippen LogP contribution in [0.2, 0.25) is 0 Å². The van der Waals surface area contributed by atoms with Crippen molar-refractivity contribution in [2.75, 3.05) is 20.3 Å². The van der Waals surface area contributed by atoms with Gasteiger partial charge in [0.25, 0.3) is 5.91 Å². The van der Waals surface area contributed by atoms with Crippen molar-refractivity contribution in [2.45, 2.75) is 6.92 Å². The molecule has 3 N–H and O–H groups in total. The van der Waals surface area contributed by atoms with Gasteiger partial charge in [-0.15, -0.1) is 0 Å². The Morgan fingerprint density at radius 2 is 1.49 bits per heavy atom. The second-order valence-corrected chi connectivity index (χ2v) is 8.54. The second kappa shape index (κ2) is 11.2. The molecule has 200 valence electrons. The Morgan fingerprint density at radius 3 is 2.03 bits per heavy atom. The van der Waals surface area contributed by atoms with Crippen LogP contribution >= 0.6 is 0 Å². The average molecular weight is 533 g/mol. The fourth-order valence-electron chi connectivity index (χ4n) is 4.19. The minimum Gasteiger partial charge on any atom is -0.503 e. The number of rotatable bonds is 8. The molecule has 0 aliphatic rings. The Labute approximate surface area is 222 Å². The lowest BCUT2D eigenvalue weighted by Crippen LogP contribution is -2.37. The number of ether oxygens (including phenoxy) is 1. The van der Waals surface area contributed by atoms with E-state index in [4.69, 9.17) is 4.74 Å². The van der Waals surface area contributed by atoms with Gasteiger partial charge in [-0.2, -0.15) is 0 Å². The van der Waals surface area contributed by atoms with Crippen molar-refractivity contribution in [1.29, 1.82) is 0 Å². The molecule has 0 radical (unpaired) electrons. The molecule has 4 aromatic rings. The first-order valence-corrected chi connectivity index (χ1v) is 11.8. The number of aliphatic hydroxyl groups is 1. The molecule has 1 heterocycles. The van der Waals surface area contributed by atoms with E-state index in [0.717, 1.165) is 4.90 Å². The summed E-state index contributed by atoms with van der Waals surface area (Å²) in [5.74, 6) is -3.09. The normalized spacial score (nSPS) is 10.8. The van der Waals surface area contributed by atoms with E-state index in [-0.39, 0.29) is 34.6 Å². The number of benzene rings is 3. The van der Waals surface area contributed by atoms with Crippen LogP contribution in [0.5, 0.6) is 17.4 Å². The zero-order valence-electron chi connectivity index (χ0n) is 21.1. The van der Waals surface area contributed by atoms with Crippen LogP contribution in [0.1, 0.15) is 33.2 Å². The molecule has 0 bridgehead atoms. The number of aliphatic hydroxyl groups excluding tert-OH is 1. The third kappa shape index (κ3) is 5.23. The van der Waals surface area contributed by atoms with Gasteiger partial charge < -0.3 is 20.1 Å². The van der Waals surface area contributed by atoms with E-state index >= 15 is 0 Å². The maximum absolute atomic E-state index is 13.7. The zero-order valence-corrected chi connectivity index (χ0v) is 21.1. The number of hydrogen-bond acceptors (Lipinski definition) is 7. The van der Waals surface area contributed by atoms with E-state index in [1.54, 1.807) is 12.1 Å². The third-order valence-corrected chi connectivity index (χ3v) is 6.14. The number of halogens is 1. The number of hydrogen-bond donors (Lipinski definition) is 3. The van der Waals surface area contributed by atoms with Crippen molar-refractivity contribution in [3.05, 3.63) is 95.3 Å². The Bertz CT molecular complexity index is 1530. The molecule has 10 heteroatoms. The highest BCUT2D eigenvalue weighted by Gasteiger charge is 2.30. The van der Waals surface area contributed by atoms with Crippen LogP contribution in [0.3, 0.4) is 0 Å². The summed E-state index contributed by atoms with van der Waals surface area (Å²) in [5, 5.41) is 31.1. The number of imide groups is 1. The lowest BCUT2D eigenvalue weighted by atomic mass is 9.99. The van der Waals surface area contributed by atoms with E-state index < -0.39 is 41.7 Å². The van der Waals surface area contributed by atoms with Crippen molar-refractivity contribution in [1.82, 2.24) is 9.47 Å². The highest BCUT2D eigenvalue weighted by Crippen LogP contribution is 2.44. The number of methoxy groups -OCH3 is 1. The number of amides is 2. The first-order chi connectivity index (χ1) is 18.7. The topological polar surface area (TPSA) is 129 Å². The third-order valence-electron chi connectivity index (χ3n) is 6.14. The van der Waals surface area contributed by atoms with Crippen molar-refractivity contribution in [3.63, 3.8) is 0 Å². The number of aromatic hydroxyl groups is 2. The molecule has 0 unspecified atom stereocenters. The summed E-state index contributed by atoms with van der Waals surface area (Å²) in [4.78, 5) is 39.1. The lowest BCUT2D eigenvalue weighted by Gasteiger charge is -2.18. The van der Waals surface area contributed by atoms with E-state index in [9.17, 15) is 34.1 Å². The predicted molar refractivity (Wildman–Crippen MR) is 140 cm³/mol. The predicted octanol–water partition coefficient (Wildman–Crippen LogP) is 3.92. The van der Waals surface area contributed by atoms with Crippen molar-refractivity contribution < 1.29 is 38.8 Å². The summed E-state index contributed by atoms with van der Waals surface area (Å²) in [5.41, 5.74) is 0.821. The quantitative estimate of drug-likeness (QED) is 0.294. The number of aromatic nitrogens is 1. The van der Waals surface area contributed by atoms with Gasteiger partial charge in [0.15, 0.2) is 11.5 Å². The molecule has 4 rings (SSSR count). The molecule has 0 saturated carbocycles. The summed E-state index contributed by atoms with van der Waals surface area (Å²) in [6.45, 7) is 0.637. The molecule has 0 saturated heterocycles. The smallest absolute Gasteiger partial charge is 0.260 e. The van der Waals surface area contributed by atoms with Crippen LogP contribution in [0, 0.1) is 5.82 Å². The van der Waals surface area contributed by atoms with E-state index in [2.05, 4.69) is 0 Å². The van der Waals surface area contributed by atoms with E-state index in [1.165, 1.54) is 79.3 Å². The summed E-state index contributed by atoms with van der Waals surface area (Å²) >= 11 is 0. The minimum absolute atomic E-state index is 0.0931. The Kier molecular flexibility index (Phi) is 7.78. The largest absolute Gasteiger partial charge is 0.503 e. The van der Waals surface area contributed by atoms with Gasteiger partial charge in [0.1, 0.15) is 11.6 Å². The van der Waals surface area contributed by atoms with E-state index in [0.29, 0.717) is 11.3 Å². The summed E-state index contributed by atoms with van der Waals surface area (Å²) in [6.07, 6.45) is 0. The maximum Gasteiger partial charge on any atom is 0.260 e. The Morgan fingerprint density at radius 1 is 0.897 bits per heavy atom. The number of carbonyl (C=O) groups is 3. The van der Waals surface area contributed by atoms with Crippen LogP contribution in [0.4, 0.5) is 4.39 Å². The van der Waals surface area contributed by atoms with Crippen molar-refractivity contribution in [2.24, 2.45) is 0 Å². The average Bonchev–Trinajstić information content (AvgIpc) is 3.21. The van der Waals surface area contributed by atoms with Gasteiger partial charge in [-0.3, -0.25) is 23.9 Å². The fraction of sp³-hybridized carbons (Fsp3) is 0.138. The molecule has 3 aromatic carbocycles. The number of ketones is 1. The molecule has 0 aliphatic carbocycles. The van der Waals surface area contributed by atoms with Gasteiger partial charge in [0, 0.05) is 23.7 Å². The van der Waals surface area contributed by atoms with Gasteiger partial charge in [0.05, 0.1) is 31.5 Å². The number of carbonyl (C=O) groups excluding carboxylic acids is 3. The molecule has 0 spiro atoms. The van der Waals surface area contributed by atoms with Gasteiger partial charge in [-0.05, 0) is 78.4 Å². The molecule has 0 aliphatic heterocycles. The van der Waals surface area contributed by atoms with Crippen LogP contribution in [-0.4, -0.2) is 62.6 Å². The highest BCUT2D eigenvalue weighted by atomic mass is 19.1. The first kappa shape index (κ1) is 27.1. The summed E-state index contributed by atoms with van der Waals surface area (Å²) < 4.78 is 20.1. The molecule has 1 aromatic heterocycles. The Balaban J connectivity index is 1.86. The Hall–Kier alpha value is -4.96. The maximum atomic E-state index is 13.7. The second-order valence-electron chi connectivity index (χ2n) is 8.54. The van der Waals surface area contributed by atoms with Gasteiger partial charge in [-0.25, -0.2) is 4.39 Å². The SMILES string of the molecule is COc1ccc(C(=O)c2c(O)c(O)n(-c3ccc(C(=O)N(CCO)C(C)=O)cc3)c2-c2ccc(F)cc2)cc1. The number of nitrogens with zero attached hydrogens (tertiary/aromatic N) is 2. The fourth-order valence-corrected chi connectivity index (χ4v) is 4.19. The van der Waals surface area contributed by atoms with Crippen LogP contribution < -0.4 is 4.74 Å². The molecule has 0 fully saturated rings. The molecular weight excluding hydrogens is 507 g/mol. The minimum atomic E-state index is -0.680. The van der Waals surface area contributed by atoms with Crippen molar-refractivity contribution in [3.8, 4) is 34.3 Å². The summed E-state index contributed by atoms with van der Waals surface area (Å²) in [7, 11) is 1.48. The van der Waals surface area contributed by atoms with Crippen LogP contribution in [0.25, 0.3) is 16.9 Å². The highest BCUT2D eigenvalue weighted by molar-refractivity contribution is 6.15.